The number of halogens is 1. The molecule has 1 saturated heterocycles. The van der Waals surface area contributed by atoms with E-state index in [1.807, 2.05) is 12.1 Å². The largest absolute Gasteiger partial charge is 0.483 e. The van der Waals surface area contributed by atoms with E-state index in [1.165, 1.54) is 0 Å². The van der Waals surface area contributed by atoms with Gasteiger partial charge in [0.2, 0.25) is 10.0 Å². The number of fused-ring (bicyclic) bond motifs is 5. The lowest BCUT2D eigenvalue weighted by molar-refractivity contribution is -0.140. The third-order valence-electron chi connectivity index (χ3n) is 6.40. The Kier molecular flexibility index (Phi) is 6.72. The van der Waals surface area contributed by atoms with Gasteiger partial charge in [-0.15, -0.1) is 0 Å². The first kappa shape index (κ1) is 22.0. The molecule has 5 rings (SSSR count). The maximum absolute atomic E-state index is 13.1. The Morgan fingerprint density at radius 3 is 2.67 bits per heavy atom. The van der Waals surface area contributed by atoms with Gasteiger partial charge in [-0.05, 0) is 68.2 Å². The smallest absolute Gasteiger partial charge is 0.260 e. The first-order valence-electron chi connectivity index (χ1n) is 10.6. The Morgan fingerprint density at radius 1 is 1.17 bits per heavy atom. The van der Waals surface area contributed by atoms with Crippen molar-refractivity contribution >= 4 is 31.9 Å². The number of hydrogen-bond acceptors (Lipinski definition) is 5. The van der Waals surface area contributed by atoms with E-state index in [4.69, 9.17) is 9.47 Å². The van der Waals surface area contributed by atoms with E-state index in [1.54, 1.807) is 4.90 Å². The van der Waals surface area contributed by atoms with E-state index in [-0.39, 0.29) is 30.7 Å². The first-order chi connectivity index (χ1) is 14.3. The van der Waals surface area contributed by atoms with E-state index < -0.39 is 10.0 Å². The fraction of sp³-hybridized carbons (Fsp3) is 0.667. The molecule has 7 nitrogen and oxygen atoms in total. The summed E-state index contributed by atoms with van der Waals surface area (Å²) in [5.41, 5.74) is 1.14. The van der Waals surface area contributed by atoms with Gasteiger partial charge in [0.25, 0.3) is 5.91 Å². The molecule has 1 saturated carbocycles. The van der Waals surface area contributed by atoms with Gasteiger partial charge in [0.05, 0.1) is 25.0 Å². The molecule has 0 radical (unpaired) electrons. The maximum Gasteiger partial charge on any atom is 0.260 e. The molecule has 4 aliphatic rings. The Balaban J connectivity index is 1.62. The van der Waals surface area contributed by atoms with Crippen LogP contribution in [0.2, 0.25) is 0 Å². The lowest BCUT2D eigenvalue weighted by Gasteiger charge is -2.41. The molecule has 0 unspecified atom stereocenters. The van der Waals surface area contributed by atoms with Crippen molar-refractivity contribution in [3.05, 3.63) is 28.2 Å². The fourth-order valence-electron chi connectivity index (χ4n) is 4.95. The van der Waals surface area contributed by atoms with E-state index in [2.05, 4.69) is 26.7 Å². The summed E-state index contributed by atoms with van der Waals surface area (Å²) in [6.45, 7) is 0.859. The third kappa shape index (κ3) is 5.18. The number of piperidine rings is 1. The van der Waals surface area contributed by atoms with E-state index >= 15 is 0 Å². The molecular weight excluding hydrogens is 472 g/mol. The molecule has 1 aromatic carbocycles. The van der Waals surface area contributed by atoms with Crippen molar-refractivity contribution in [3.63, 3.8) is 0 Å². The van der Waals surface area contributed by atoms with Crippen molar-refractivity contribution in [2.24, 2.45) is 0 Å². The number of amides is 1. The van der Waals surface area contributed by atoms with E-state index in [9.17, 15) is 13.2 Å². The van der Waals surface area contributed by atoms with Gasteiger partial charge in [-0.2, -0.15) is 0 Å². The van der Waals surface area contributed by atoms with Crippen LogP contribution >= 0.6 is 15.9 Å². The van der Waals surface area contributed by atoms with Crippen molar-refractivity contribution in [3.8, 4) is 5.75 Å². The Morgan fingerprint density at radius 2 is 1.93 bits per heavy atom. The number of ether oxygens (including phenoxy) is 2. The number of nitrogens with zero attached hydrogens (tertiary/aromatic N) is 1. The topological polar surface area (TPSA) is 84.9 Å². The van der Waals surface area contributed by atoms with Crippen LogP contribution in [0, 0.1) is 0 Å². The van der Waals surface area contributed by atoms with Crippen LogP contribution in [0.1, 0.15) is 50.0 Å². The SMILES string of the molecule is CS(=O)(=O)N[C@H]1CCCN2C(=O)COc3ccc(Br)cc3C3CCC(CC3)OC[C@@H]12. The molecule has 2 atom stereocenters. The van der Waals surface area contributed by atoms with E-state index in [0.717, 1.165) is 54.1 Å². The lowest BCUT2D eigenvalue weighted by Crippen LogP contribution is -2.59. The van der Waals surface area contributed by atoms with Crippen LogP contribution in [0.25, 0.3) is 0 Å². The van der Waals surface area contributed by atoms with Gasteiger partial charge in [-0.25, -0.2) is 13.1 Å². The highest BCUT2D eigenvalue weighted by Gasteiger charge is 2.37. The number of rotatable bonds is 2. The normalized spacial score (nSPS) is 30.3. The third-order valence-corrected chi connectivity index (χ3v) is 7.63. The van der Waals surface area contributed by atoms with Gasteiger partial charge in [-0.1, -0.05) is 15.9 Å². The Bertz CT molecular complexity index is 885. The zero-order valence-corrected chi connectivity index (χ0v) is 19.6. The zero-order valence-electron chi connectivity index (χ0n) is 17.2. The summed E-state index contributed by atoms with van der Waals surface area (Å²) in [5.74, 6) is 1.01. The van der Waals surface area contributed by atoms with Gasteiger partial charge < -0.3 is 14.4 Å². The van der Waals surface area contributed by atoms with Crippen LogP contribution in [-0.4, -0.2) is 63.4 Å². The average molecular weight is 501 g/mol. The van der Waals surface area contributed by atoms with Gasteiger partial charge >= 0.3 is 0 Å². The van der Waals surface area contributed by atoms with Crippen LogP contribution in [0.5, 0.6) is 5.75 Å². The second-order valence-electron chi connectivity index (χ2n) is 8.57. The molecule has 9 heteroatoms. The lowest BCUT2D eigenvalue weighted by atomic mass is 9.82. The number of carbonyl (C=O) groups is 1. The summed E-state index contributed by atoms with van der Waals surface area (Å²) >= 11 is 3.56. The van der Waals surface area contributed by atoms with Crippen LogP contribution in [0.15, 0.2) is 22.7 Å². The molecule has 1 amide bonds. The number of carbonyl (C=O) groups excluding carboxylic acids is 1. The second-order valence-corrected chi connectivity index (χ2v) is 11.3. The highest BCUT2D eigenvalue weighted by Crippen LogP contribution is 2.40. The van der Waals surface area contributed by atoms with Crippen LogP contribution in [0.3, 0.4) is 0 Å². The first-order valence-corrected chi connectivity index (χ1v) is 13.3. The summed E-state index contributed by atoms with van der Waals surface area (Å²) in [5, 5.41) is 0. The number of nitrogens with one attached hydrogen (secondary N) is 1. The average Bonchev–Trinajstić information content (AvgIpc) is 2.71. The highest BCUT2D eigenvalue weighted by molar-refractivity contribution is 9.10. The summed E-state index contributed by atoms with van der Waals surface area (Å²) in [7, 11) is -3.38. The van der Waals surface area contributed by atoms with Gasteiger partial charge in [0.15, 0.2) is 6.61 Å². The Hall–Kier alpha value is -1.16. The predicted molar refractivity (Wildman–Crippen MR) is 117 cm³/mol. The van der Waals surface area contributed by atoms with Crippen LogP contribution < -0.4 is 9.46 Å². The minimum absolute atomic E-state index is 0.0626. The predicted octanol–water partition coefficient (Wildman–Crippen LogP) is 2.79. The molecule has 3 aliphatic heterocycles. The number of benzene rings is 1. The van der Waals surface area contributed by atoms with E-state index in [0.29, 0.717) is 25.5 Å². The van der Waals surface area contributed by atoms with Crippen molar-refractivity contribution < 1.29 is 22.7 Å². The molecular formula is C21H29BrN2O5S. The highest BCUT2D eigenvalue weighted by atomic mass is 79.9. The number of sulfonamides is 1. The standard InChI is InChI=1S/C21H29BrN2O5S/c1-30(26,27)23-18-3-2-10-24-19(18)12-28-16-7-4-14(5-8-16)17-11-15(22)6-9-20(17)29-13-21(24)25/h6,9,11,14,16,18-19,23H,2-5,7-8,10,12-13H2,1H3/t14?,16?,18-,19-/m0/s1. The molecule has 2 fully saturated rings. The molecule has 1 aliphatic carbocycles. The van der Waals surface area contributed by atoms with Crippen LogP contribution in [-0.2, 0) is 19.6 Å². The molecule has 2 bridgehead atoms. The van der Waals surface area contributed by atoms with Gasteiger partial charge in [0, 0.05) is 17.1 Å². The molecule has 30 heavy (non-hydrogen) atoms. The Labute approximate surface area is 186 Å². The monoisotopic (exact) mass is 500 g/mol. The molecule has 166 valence electrons. The zero-order chi connectivity index (χ0) is 21.3. The van der Waals surface area contributed by atoms with Crippen LogP contribution in [0.4, 0.5) is 0 Å². The van der Waals surface area contributed by atoms with Gasteiger partial charge in [-0.3, -0.25) is 4.79 Å². The number of hydrogen-bond donors (Lipinski definition) is 1. The summed E-state index contributed by atoms with van der Waals surface area (Å²) in [4.78, 5) is 14.8. The summed E-state index contributed by atoms with van der Waals surface area (Å²) in [6, 6.07) is 5.29. The molecule has 1 aromatic rings. The van der Waals surface area contributed by atoms with Crippen molar-refractivity contribution in [1.82, 2.24) is 9.62 Å². The molecule has 3 heterocycles. The van der Waals surface area contributed by atoms with Gasteiger partial charge in [0.1, 0.15) is 5.75 Å². The molecule has 0 aromatic heterocycles. The second kappa shape index (κ2) is 9.14. The maximum atomic E-state index is 13.1. The van der Waals surface area contributed by atoms with Crippen molar-refractivity contribution in [2.75, 3.05) is 26.0 Å². The fourth-order valence-corrected chi connectivity index (χ4v) is 6.16. The minimum atomic E-state index is -3.38. The minimum Gasteiger partial charge on any atom is -0.483 e. The molecule has 1 N–H and O–H groups in total. The summed E-state index contributed by atoms with van der Waals surface area (Å²) in [6.07, 6.45) is 6.63. The van der Waals surface area contributed by atoms with Crippen molar-refractivity contribution in [2.45, 2.75) is 62.6 Å². The quantitative estimate of drug-likeness (QED) is 0.674. The molecule has 0 spiro atoms. The van der Waals surface area contributed by atoms with Crippen molar-refractivity contribution in [1.29, 1.82) is 0 Å². The summed E-state index contributed by atoms with van der Waals surface area (Å²) < 4.78 is 39.7.